The molecule has 0 spiro atoms. The third kappa shape index (κ3) is 10.3. The molecule has 1 rings (SSSR count). The lowest BCUT2D eigenvalue weighted by Crippen LogP contribution is -2.56. The van der Waals surface area contributed by atoms with Gasteiger partial charge in [-0.2, -0.15) is 11.8 Å². The van der Waals surface area contributed by atoms with Crippen molar-refractivity contribution in [3.05, 3.63) is 18.2 Å². The summed E-state index contributed by atoms with van der Waals surface area (Å²) < 4.78 is 0. The molecule has 0 aliphatic carbocycles. The summed E-state index contributed by atoms with van der Waals surface area (Å²) in [6.07, 6.45) is 5.72. The average molecular weight is 457 g/mol. The minimum atomic E-state index is -1.19. The van der Waals surface area contributed by atoms with Gasteiger partial charge in [-0.3, -0.25) is 19.2 Å². The maximum Gasteiger partial charge on any atom is 0.322 e. The van der Waals surface area contributed by atoms with E-state index in [1.165, 1.54) is 24.3 Å². The van der Waals surface area contributed by atoms with Gasteiger partial charge in [0.05, 0.1) is 12.4 Å². The van der Waals surface area contributed by atoms with Gasteiger partial charge in [0.15, 0.2) is 0 Å². The number of aliphatic carboxylic acids is 1. The van der Waals surface area contributed by atoms with E-state index in [0.717, 1.165) is 0 Å². The van der Waals surface area contributed by atoms with E-state index in [1.807, 2.05) is 20.1 Å². The van der Waals surface area contributed by atoms with Gasteiger partial charge in [-0.25, -0.2) is 4.98 Å². The van der Waals surface area contributed by atoms with Crippen molar-refractivity contribution in [2.24, 2.45) is 11.7 Å². The fourth-order valence-corrected chi connectivity index (χ4v) is 3.25. The highest BCUT2D eigenvalue weighted by molar-refractivity contribution is 7.98. The molecule has 3 unspecified atom stereocenters. The molecular weight excluding hydrogens is 424 g/mol. The van der Waals surface area contributed by atoms with Crippen LogP contribution in [0.2, 0.25) is 0 Å². The van der Waals surface area contributed by atoms with Gasteiger partial charge in [0, 0.05) is 18.3 Å². The number of aromatic amines is 1. The normalized spacial score (nSPS) is 13.8. The summed E-state index contributed by atoms with van der Waals surface area (Å²) in [6.45, 7) is 3.32. The molecule has 0 aromatic carbocycles. The third-order valence-electron chi connectivity index (χ3n) is 4.33. The number of rotatable bonds is 14. The molecule has 0 saturated heterocycles. The maximum atomic E-state index is 13.0. The molecule has 31 heavy (non-hydrogen) atoms. The number of hydrogen-bond donors (Lipinski definition) is 6. The zero-order valence-electron chi connectivity index (χ0n) is 18.0. The smallest absolute Gasteiger partial charge is 0.322 e. The van der Waals surface area contributed by atoms with Crippen LogP contribution in [0.1, 0.15) is 32.4 Å². The van der Waals surface area contributed by atoms with Crippen molar-refractivity contribution in [1.29, 1.82) is 0 Å². The van der Waals surface area contributed by atoms with Crippen LogP contribution < -0.4 is 21.7 Å². The van der Waals surface area contributed by atoms with E-state index in [0.29, 0.717) is 24.3 Å². The SMILES string of the molecule is CSCCC(NC(=O)C(Cc1cnc[nH]1)NC(=O)C(N)CC(C)C)C(=O)NCC(=O)O. The Bertz CT molecular complexity index is 727. The zero-order chi connectivity index (χ0) is 23.4. The lowest BCUT2D eigenvalue weighted by molar-refractivity contribution is -0.138. The predicted octanol–water partition coefficient (Wildman–Crippen LogP) is -0.751. The number of nitrogens with two attached hydrogens (primary N) is 1. The molecule has 3 atom stereocenters. The van der Waals surface area contributed by atoms with Gasteiger partial charge in [-0.05, 0) is 30.8 Å². The van der Waals surface area contributed by atoms with E-state index in [2.05, 4.69) is 25.9 Å². The molecule has 11 nitrogen and oxygen atoms in total. The van der Waals surface area contributed by atoms with Crippen LogP contribution in [0.3, 0.4) is 0 Å². The van der Waals surface area contributed by atoms with Crippen molar-refractivity contribution >= 4 is 35.5 Å². The van der Waals surface area contributed by atoms with E-state index in [-0.39, 0.29) is 12.3 Å². The van der Waals surface area contributed by atoms with Crippen molar-refractivity contribution in [1.82, 2.24) is 25.9 Å². The zero-order valence-corrected chi connectivity index (χ0v) is 18.8. The fourth-order valence-electron chi connectivity index (χ4n) is 2.78. The van der Waals surface area contributed by atoms with Gasteiger partial charge in [-0.15, -0.1) is 0 Å². The summed E-state index contributed by atoms with van der Waals surface area (Å²) in [5.41, 5.74) is 6.56. The number of amides is 3. The summed E-state index contributed by atoms with van der Waals surface area (Å²) >= 11 is 1.48. The number of carbonyl (C=O) groups is 4. The van der Waals surface area contributed by atoms with E-state index in [9.17, 15) is 19.2 Å². The summed E-state index contributed by atoms with van der Waals surface area (Å²) in [4.78, 5) is 55.3. The molecule has 0 aliphatic rings. The van der Waals surface area contributed by atoms with E-state index < -0.39 is 48.4 Å². The van der Waals surface area contributed by atoms with Gasteiger partial charge >= 0.3 is 5.97 Å². The summed E-state index contributed by atoms with van der Waals surface area (Å²) in [7, 11) is 0. The first-order valence-electron chi connectivity index (χ1n) is 9.96. The van der Waals surface area contributed by atoms with Crippen LogP contribution in [0.25, 0.3) is 0 Å². The Kier molecular flexibility index (Phi) is 11.6. The number of carboxylic acid groups (broad SMARTS) is 1. The molecule has 1 heterocycles. The fraction of sp³-hybridized carbons (Fsp3) is 0.632. The molecule has 1 aromatic heterocycles. The first-order chi connectivity index (χ1) is 14.6. The van der Waals surface area contributed by atoms with Gasteiger partial charge in [0.1, 0.15) is 18.6 Å². The van der Waals surface area contributed by atoms with Crippen molar-refractivity contribution in [3.8, 4) is 0 Å². The van der Waals surface area contributed by atoms with Crippen LogP contribution in [-0.2, 0) is 25.6 Å². The van der Waals surface area contributed by atoms with E-state index >= 15 is 0 Å². The molecule has 0 aliphatic heterocycles. The molecule has 12 heteroatoms. The monoisotopic (exact) mass is 456 g/mol. The highest BCUT2D eigenvalue weighted by Crippen LogP contribution is 2.06. The number of nitrogens with zero attached hydrogens (tertiary/aromatic N) is 1. The van der Waals surface area contributed by atoms with Crippen LogP contribution >= 0.6 is 11.8 Å². The standard InChI is InChI=1S/C19H32N6O5S/c1-11(2)6-13(20)17(28)25-15(7-12-8-21-10-23-12)19(30)24-14(4-5-31-3)18(29)22-9-16(26)27/h8,10-11,13-15H,4-7,9,20H2,1-3H3,(H,21,23)(H,22,29)(H,24,30)(H,25,28)(H,26,27). The quantitative estimate of drug-likeness (QED) is 0.211. The minimum Gasteiger partial charge on any atom is -0.480 e. The Morgan fingerprint density at radius 3 is 2.39 bits per heavy atom. The number of H-pyrrole nitrogens is 1. The number of nitrogens with one attached hydrogen (secondary N) is 4. The van der Waals surface area contributed by atoms with Crippen LogP contribution in [-0.4, -0.2) is 75.4 Å². The summed E-state index contributed by atoms with van der Waals surface area (Å²) in [6, 6.07) is -2.71. The molecule has 174 valence electrons. The minimum absolute atomic E-state index is 0.123. The van der Waals surface area contributed by atoms with Crippen molar-refractivity contribution in [2.75, 3.05) is 18.6 Å². The highest BCUT2D eigenvalue weighted by atomic mass is 32.2. The van der Waals surface area contributed by atoms with Crippen LogP contribution in [0.4, 0.5) is 0 Å². The van der Waals surface area contributed by atoms with Gasteiger partial charge in [-0.1, -0.05) is 13.8 Å². The summed E-state index contributed by atoms with van der Waals surface area (Å²) in [5, 5.41) is 16.3. The first-order valence-corrected chi connectivity index (χ1v) is 11.3. The van der Waals surface area contributed by atoms with Gasteiger partial charge in [0.2, 0.25) is 17.7 Å². The molecule has 0 saturated carbocycles. The van der Waals surface area contributed by atoms with Gasteiger partial charge in [0.25, 0.3) is 0 Å². The molecule has 1 aromatic rings. The van der Waals surface area contributed by atoms with Crippen LogP contribution in [0, 0.1) is 5.92 Å². The Morgan fingerprint density at radius 1 is 1.16 bits per heavy atom. The van der Waals surface area contributed by atoms with E-state index in [4.69, 9.17) is 10.8 Å². The lowest BCUT2D eigenvalue weighted by atomic mass is 10.0. The number of thioether (sulfide) groups is 1. The molecule has 0 radical (unpaired) electrons. The molecule has 7 N–H and O–H groups in total. The van der Waals surface area contributed by atoms with E-state index in [1.54, 1.807) is 0 Å². The van der Waals surface area contributed by atoms with Crippen molar-refractivity contribution < 1.29 is 24.3 Å². The number of hydrogen-bond acceptors (Lipinski definition) is 7. The third-order valence-corrected chi connectivity index (χ3v) is 4.98. The summed E-state index contributed by atoms with van der Waals surface area (Å²) in [5.74, 6) is -2.06. The Labute approximate surface area is 185 Å². The molecule has 0 bridgehead atoms. The van der Waals surface area contributed by atoms with Crippen molar-refractivity contribution in [2.45, 2.75) is 51.2 Å². The topological polar surface area (TPSA) is 179 Å². The largest absolute Gasteiger partial charge is 0.480 e. The molecule has 0 fully saturated rings. The first kappa shape index (κ1) is 26.4. The van der Waals surface area contributed by atoms with Gasteiger partial charge < -0.3 is 31.8 Å². The number of aromatic nitrogens is 2. The lowest BCUT2D eigenvalue weighted by Gasteiger charge is -2.24. The molecule has 3 amide bonds. The Balaban J connectivity index is 2.92. The Hall–Kier alpha value is -2.60. The Morgan fingerprint density at radius 2 is 1.84 bits per heavy atom. The maximum absolute atomic E-state index is 13.0. The number of imidazole rings is 1. The number of carboxylic acids is 1. The second kappa shape index (κ2) is 13.7. The highest BCUT2D eigenvalue weighted by Gasteiger charge is 2.28. The predicted molar refractivity (Wildman–Crippen MR) is 117 cm³/mol. The second-order valence-corrected chi connectivity index (χ2v) is 8.52. The van der Waals surface area contributed by atoms with Crippen LogP contribution in [0.15, 0.2) is 12.5 Å². The number of carbonyl (C=O) groups excluding carboxylic acids is 3. The molecular formula is C19H32N6O5S. The second-order valence-electron chi connectivity index (χ2n) is 7.53. The van der Waals surface area contributed by atoms with Crippen molar-refractivity contribution in [3.63, 3.8) is 0 Å². The average Bonchev–Trinajstić information content (AvgIpc) is 3.21. The van der Waals surface area contributed by atoms with Crippen LogP contribution in [0.5, 0.6) is 0 Å².